The van der Waals surface area contributed by atoms with Crippen LogP contribution in [0.5, 0.6) is 0 Å². The maximum atomic E-state index is 11.6. The van der Waals surface area contributed by atoms with Gasteiger partial charge in [-0.3, -0.25) is 19.3 Å². The smallest absolute Gasteiger partial charge is 0.248 e. The minimum Gasteiger partial charge on any atom is -0.353 e. The van der Waals surface area contributed by atoms with Crippen LogP contribution in [0.3, 0.4) is 0 Å². The Kier molecular flexibility index (Phi) is 3.59. The minimum absolute atomic E-state index is 0.194. The van der Waals surface area contributed by atoms with Gasteiger partial charge in [0.25, 0.3) is 0 Å². The molecule has 0 aromatic heterocycles. The van der Waals surface area contributed by atoms with Gasteiger partial charge in [-0.25, -0.2) is 5.90 Å². The molecule has 0 bridgehead atoms. The van der Waals surface area contributed by atoms with E-state index in [0.717, 1.165) is 16.2 Å². The van der Waals surface area contributed by atoms with Gasteiger partial charge in [0, 0.05) is 12.7 Å². The number of imide groups is 1. The summed E-state index contributed by atoms with van der Waals surface area (Å²) in [6.07, 6.45) is 0. The molecule has 0 spiro atoms. The second kappa shape index (κ2) is 5.16. The van der Waals surface area contributed by atoms with Crippen molar-refractivity contribution in [3.05, 3.63) is 29.8 Å². The standard InChI is InChI=1S/C12H15N3O3/c1-14-11(16)6-15(7-12(14)17)10-4-2-9(3-5-10)8-18-13/h2-5H,6-8,13H2,1H3. The van der Waals surface area contributed by atoms with Crippen LogP contribution in [0.2, 0.25) is 0 Å². The predicted octanol–water partition coefficient (Wildman–Crippen LogP) is -0.118. The van der Waals surface area contributed by atoms with Crippen molar-refractivity contribution in [3.63, 3.8) is 0 Å². The number of piperazine rings is 1. The third-order valence-corrected chi connectivity index (χ3v) is 2.95. The van der Waals surface area contributed by atoms with Gasteiger partial charge in [0.05, 0.1) is 19.7 Å². The van der Waals surface area contributed by atoms with Crippen molar-refractivity contribution in [2.24, 2.45) is 5.90 Å². The number of carbonyl (C=O) groups excluding carboxylic acids is 2. The van der Waals surface area contributed by atoms with Crippen molar-refractivity contribution in [2.45, 2.75) is 6.61 Å². The number of amides is 2. The number of anilines is 1. The van der Waals surface area contributed by atoms with E-state index in [1.165, 1.54) is 7.05 Å². The Morgan fingerprint density at radius 3 is 2.22 bits per heavy atom. The van der Waals surface area contributed by atoms with Crippen LogP contribution >= 0.6 is 0 Å². The van der Waals surface area contributed by atoms with Crippen molar-refractivity contribution >= 4 is 17.5 Å². The highest BCUT2D eigenvalue weighted by atomic mass is 16.6. The van der Waals surface area contributed by atoms with Crippen molar-refractivity contribution in [2.75, 3.05) is 25.0 Å². The van der Waals surface area contributed by atoms with Gasteiger partial charge in [0.1, 0.15) is 0 Å². The summed E-state index contributed by atoms with van der Waals surface area (Å²) in [5, 5.41) is 0. The number of hydrogen-bond donors (Lipinski definition) is 1. The molecule has 2 amide bonds. The molecular weight excluding hydrogens is 234 g/mol. The first-order valence-corrected chi connectivity index (χ1v) is 5.57. The molecule has 2 N–H and O–H groups in total. The highest BCUT2D eigenvalue weighted by molar-refractivity contribution is 6.02. The molecule has 1 fully saturated rings. The van der Waals surface area contributed by atoms with Crippen LogP contribution in [0.4, 0.5) is 5.69 Å². The maximum Gasteiger partial charge on any atom is 0.248 e. The van der Waals surface area contributed by atoms with Gasteiger partial charge in [-0.05, 0) is 17.7 Å². The van der Waals surface area contributed by atoms with E-state index in [-0.39, 0.29) is 24.9 Å². The van der Waals surface area contributed by atoms with Crippen LogP contribution in [0.1, 0.15) is 5.56 Å². The lowest BCUT2D eigenvalue weighted by Crippen LogP contribution is -2.52. The summed E-state index contributed by atoms with van der Waals surface area (Å²) in [6.45, 7) is 0.769. The largest absolute Gasteiger partial charge is 0.353 e. The molecule has 1 saturated heterocycles. The fraction of sp³-hybridized carbons (Fsp3) is 0.333. The summed E-state index contributed by atoms with van der Waals surface area (Å²) in [6, 6.07) is 7.41. The van der Waals surface area contributed by atoms with Gasteiger partial charge in [-0.1, -0.05) is 12.1 Å². The lowest BCUT2D eigenvalue weighted by Gasteiger charge is -2.32. The van der Waals surface area contributed by atoms with Crippen LogP contribution in [0.15, 0.2) is 24.3 Å². The first-order chi connectivity index (χ1) is 8.61. The number of nitrogens with zero attached hydrogens (tertiary/aromatic N) is 2. The molecule has 0 unspecified atom stereocenters. The molecule has 96 valence electrons. The van der Waals surface area contributed by atoms with Crippen molar-refractivity contribution in [1.82, 2.24) is 4.90 Å². The molecule has 0 atom stereocenters. The number of rotatable bonds is 3. The Bertz CT molecular complexity index is 440. The molecule has 1 aliphatic rings. The second-order valence-electron chi connectivity index (χ2n) is 4.18. The molecule has 0 aliphatic carbocycles. The molecule has 0 radical (unpaired) electrons. The van der Waals surface area contributed by atoms with Crippen LogP contribution in [-0.4, -0.2) is 36.9 Å². The summed E-state index contributed by atoms with van der Waals surface area (Å²) in [5.41, 5.74) is 1.78. The molecule has 1 aromatic rings. The first-order valence-electron chi connectivity index (χ1n) is 5.57. The van der Waals surface area contributed by atoms with Crippen LogP contribution in [0.25, 0.3) is 0 Å². The number of hydrogen-bond acceptors (Lipinski definition) is 5. The summed E-state index contributed by atoms with van der Waals surface area (Å²) in [4.78, 5) is 30.6. The van der Waals surface area contributed by atoms with E-state index in [1.54, 1.807) is 4.90 Å². The maximum absolute atomic E-state index is 11.6. The van der Waals surface area contributed by atoms with Gasteiger partial charge >= 0.3 is 0 Å². The van der Waals surface area contributed by atoms with E-state index in [0.29, 0.717) is 6.61 Å². The molecular formula is C12H15N3O3. The van der Waals surface area contributed by atoms with E-state index in [4.69, 9.17) is 5.90 Å². The van der Waals surface area contributed by atoms with Crippen molar-refractivity contribution < 1.29 is 14.4 Å². The zero-order chi connectivity index (χ0) is 13.1. The molecule has 0 saturated carbocycles. The fourth-order valence-electron chi connectivity index (χ4n) is 1.82. The minimum atomic E-state index is -0.194. The normalized spacial score (nSPS) is 16.3. The van der Waals surface area contributed by atoms with E-state index < -0.39 is 0 Å². The third-order valence-electron chi connectivity index (χ3n) is 2.95. The molecule has 6 nitrogen and oxygen atoms in total. The summed E-state index contributed by atoms with van der Waals surface area (Å²) >= 11 is 0. The number of likely N-dealkylation sites (N-methyl/N-ethyl adjacent to an activating group) is 1. The Morgan fingerprint density at radius 2 is 1.72 bits per heavy atom. The zero-order valence-corrected chi connectivity index (χ0v) is 10.1. The summed E-state index contributed by atoms with van der Waals surface area (Å²) in [7, 11) is 1.50. The van der Waals surface area contributed by atoms with Gasteiger partial charge in [0.15, 0.2) is 0 Å². The predicted molar refractivity (Wildman–Crippen MR) is 65.4 cm³/mol. The second-order valence-corrected chi connectivity index (χ2v) is 4.18. The Labute approximate surface area is 105 Å². The Balaban J connectivity index is 2.12. The molecule has 1 aromatic carbocycles. The van der Waals surface area contributed by atoms with Crippen LogP contribution in [0, 0.1) is 0 Å². The Hall–Kier alpha value is -1.92. The topological polar surface area (TPSA) is 75.9 Å². The van der Waals surface area contributed by atoms with E-state index in [1.807, 2.05) is 24.3 Å². The molecule has 2 rings (SSSR count). The SMILES string of the molecule is CN1C(=O)CN(c2ccc(CON)cc2)CC1=O. The third kappa shape index (κ3) is 2.49. The van der Waals surface area contributed by atoms with Gasteiger partial charge in [0.2, 0.25) is 11.8 Å². The Morgan fingerprint density at radius 1 is 1.17 bits per heavy atom. The summed E-state index contributed by atoms with van der Waals surface area (Å²) in [5.74, 6) is 4.60. The average molecular weight is 249 g/mol. The highest BCUT2D eigenvalue weighted by Crippen LogP contribution is 2.18. The average Bonchev–Trinajstić information content (AvgIpc) is 2.37. The van der Waals surface area contributed by atoms with E-state index >= 15 is 0 Å². The quantitative estimate of drug-likeness (QED) is 0.597. The van der Waals surface area contributed by atoms with Crippen molar-refractivity contribution in [3.8, 4) is 0 Å². The van der Waals surface area contributed by atoms with Gasteiger partial charge < -0.3 is 4.90 Å². The van der Waals surface area contributed by atoms with Crippen LogP contribution in [-0.2, 0) is 21.0 Å². The highest BCUT2D eigenvalue weighted by Gasteiger charge is 2.27. The zero-order valence-electron chi connectivity index (χ0n) is 10.1. The van der Waals surface area contributed by atoms with Gasteiger partial charge in [-0.2, -0.15) is 0 Å². The lowest BCUT2D eigenvalue weighted by molar-refractivity contribution is -0.143. The number of benzene rings is 1. The molecule has 6 heteroatoms. The molecule has 1 aliphatic heterocycles. The van der Waals surface area contributed by atoms with E-state index in [2.05, 4.69) is 4.84 Å². The number of nitrogens with two attached hydrogens (primary N) is 1. The fourth-order valence-corrected chi connectivity index (χ4v) is 1.82. The molecule has 1 heterocycles. The van der Waals surface area contributed by atoms with Crippen LogP contribution < -0.4 is 10.8 Å². The van der Waals surface area contributed by atoms with Crippen molar-refractivity contribution in [1.29, 1.82) is 0 Å². The van der Waals surface area contributed by atoms with E-state index in [9.17, 15) is 9.59 Å². The summed E-state index contributed by atoms with van der Waals surface area (Å²) < 4.78 is 0. The lowest BCUT2D eigenvalue weighted by atomic mass is 10.2. The molecule has 18 heavy (non-hydrogen) atoms. The monoisotopic (exact) mass is 249 g/mol. The number of carbonyl (C=O) groups is 2. The van der Waals surface area contributed by atoms with Gasteiger partial charge in [-0.15, -0.1) is 0 Å². The first kappa shape index (κ1) is 12.5.